The Kier molecular flexibility index (Phi) is 7.21. The molecule has 0 aliphatic carbocycles. The molecule has 1 aliphatic heterocycles. The Bertz CT molecular complexity index is 1300. The molecule has 2 aromatic carbocycles. The van der Waals surface area contributed by atoms with Crippen molar-refractivity contribution < 1.29 is 14.3 Å². The van der Waals surface area contributed by atoms with Crippen LogP contribution in [0, 0.1) is 12.7 Å². The third-order valence-corrected chi connectivity index (χ3v) is 6.18. The van der Waals surface area contributed by atoms with Crippen LogP contribution in [0.3, 0.4) is 0 Å². The molecule has 4 rings (SSSR count). The Labute approximate surface area is 210 Å². The van der Waals surface area contributed by atoms with Crippen LogP contribution in [0.4, 0.5) is 21.8 Å². The maximum Gasteiger partial charge on any atom is 0.335 e. The second kappa shape index (κ2) is 10.3. The fraction of sp³-hybridized carbons (Fsp3) is 0.296. The van der Waals surface area contributed by atoms with Crippen molar-refractivity contribution in [3.8, 4) is 11.3 Å². The van der Waals surface area contributed by atoms with Crippen LogP contribution in [-0.2, 0) is 13.0 Å². The van der Waals surface area contributed by atoms with E-state index in [1.807, 2.05) is 45.0 Å². The van der Waals surface area contributed by atoms with Gasteiger partial charge in [-0.25, -0.2) is 14.2 Å². The van der Waals surface area contributed by atoms with Crippen molar-refractivity contribution in [3.63, 3.8) is 0 Å². The zero-order chi connectivity index (χ0) is 26.0. The summed E-state index contributed by atoms with van der Waals surface area (Å²) in [5.74, 6) is -0.0276. The maximum absolute atomic E-state index is 15.1. The van der Waals surface area contributed by atoms with Crippen molar-refractivity contribution in [1.29, 1.82) is 0 Å². The molecular formula is C27H31FN6O2. The smallest absolute Gasteiger partial charge is 0.335 e. The molecule has 0 saturated carbocycles. The minimum atomic E-state index is -1.01. The molecule has 0 amide bonds. The van der Waals surface area contributed by atoms with E-state index in [9.17, 15) is 9.90 Å². The zero-order valence-corrected chi connectivity index (χ0v) is 21.0. The number of halogens is 1. The molecule has 2 heterocycles. The Morgan fingerprint density at radius 1 is 1.28 bits per heavy atom. The number of fused-ring (bicyclic) bond motifs is 1. The predicted molar refractivity (Wildman–Crippen MR) is 140 cm³/mol. The predicted octanol–water partition coefficient (Wildman–Crippen LogP) is 4.54. The Morgan fingerprint density at radius 3 is 2.72 bits per heavy atom. The van der Waals surface area contributed by atoms with Crippen LogP contribution in [-0.4, -0.2) is 53.1 Å². The second-order valence-corrected chi connectivity index (χ2v) is 9.00. The summed E-state index contributed by atoms with van der Waals surface area (Å²) < 4.78 is 15.1. The van der Waals surface area contributed by atoms with E-state index in [-0.39, 0.29) is 5.56 Å². The van der Waals surface area contributed by atoms with Gasteiger partial charge in [0, 0.05) is 30.8 Å². The Morgan fingerprint density at radius 2 is 2.06 bits per heavy atom. The first-order valence-electron chi connectivity index (χ1n) is 11.8. The minimum absolute atomic E-state index is 0.173. The van der Waals surface area contributed by atoms with Crippen molar-refractivity contribution in [2.75, 3.05) is 37.4 Å². The van der Waals surface area contributed by atoms with E-state index >= 15 is 4.39 Å². The average Bonchev–Trinajstić information content (AvgIpc) is 2.84. The standard InChI is InChI=1S/C27H31FN6O2/c1-6-18-10-11-19(26(35)36)14-20(18)23-21-15-30-17(3)34(24-16(2)8-7-9-22(24)28)25(21)32-27(31-23)29-12-13-33(4)5/h7-11,14,30H,3,6,12-13,15H2,1-2,4-5H3,(H,35,36)(H,29,31,32). The third-order valence-electron chi connectivity index (χ3n) is 6.18. The number of para-hydroxylation sites is 1. The van der Waals surface area contributed by atoms with Crippen LogP contribution < -0.4 is 15.5 Å². The highest BCUT2D eigenvalue weighted by Crippen LogP contribution is 2.41. The number of anilines is 3. The number of aromatic carboxylic acids is 1. The molecule has 188 valence electrons. The average molecular weight is 491 g/mol. The molecule has 0 fully saturated rings. The molecule has 36 heavy (non-hydrogen) atoms. The van der Waals surface area contributed by atoms with Gasteiger partial charge >= 0.3 is 5.97 Å². The van der Waals surface area contributed by atoms with Crippen LogP contribution in [0.15, 0.2) is 48.8 Å². The van der Waals surface area contributed by atoms with Crippen molar-refractivity contribution in [3.05, 3.63) is 76.9 Å². The van der Waals surface area contributed by atoms with Crippen LogP contribution in [0.1, 0.15) is 34.0 Å². The highest BCUT2D eigenvalue weighted by atomic mass is 19.1. The third kappa shape index (κ3) is 4.87. The van der Waals surface area contributed by atoms with Crippen molar-refractivity contribution in [2.24, 2.45) is 0 Å². The molecule has 1 aromatic heterocycles. The summed E-state index contributed by atoms with van der Waals surface area (Å²) in [6.07, 6.45) is 0.688. The summed E-state index contributed by atoms with van der Waals surface area (Å²) in [6.45, 7) is 9.70. The fourth-order valence-electron chi connectivity index (χ4n) is 4.30. The molecule has 9 heteroatoms. The van der Waals surface area contributed by atoms with Crippen molar-refractivity contribution >= 4 is 23.4 Å². The number of rotatable bonds is 8. The minimum Gasteiger partial charge on any atom is -0.478 e. The summed E-state index contributed by atoms with van der Waals surface area (Å²) in [6, 6.07) is 9.98. The number of aryl methyl sites for hydroxylation is 2. The lowest BCUT2D eigenvalue weighted by Gasteiger charge is -2.35. The number of carbonyl (C=O) groups is 1. The first-order chi connectivity index (χ1) is 17.2. The molecule has 0 atom stereocenters. The molecule has 0 spiro atoms. The van der Waals surface area contributed by atoms with Crippen molar-refractivity contribution in [1.82, 2.24) is 20.2 Å². The van der Waals surface area contributed by atoms with Crippen LogP contribution in [0.5, 0.6) is 0 Å². The normalized spacial score (nSPS) is 12.9. The number of hydrogen-bond acceptors (Lipinski definition) is 7. The van der Waals surface area contributed by atoms with Gasteiger partial charge < -0.3 is 20.6 Å². The zero-order valence-electron chi connectivity index (χ0n) is 21.0. The molecule has 0 radical (unpaired) electrons. The molecule has 3 aromatic rings. The maximum atomic E-state index is 15.1. The summed E-state index contributed by atoms with van der Waals surface area (Å²) in [5, 5.41) is 16.2. The Hall–Kier alpha value is -3.98. The van der Waals surface area contributed by atoms with Gasteiger partial charge in [0.15, 0.2) is 0 Å². The summed E-state index contributed by atoms with van der Waals surface area (Å²) >= 11 is 0. The van der Waals surface area contributed by atoms with E-state index in [4.69, 9.17) is 9.97 Å². The van der Waals surface area contributed by atoms with Gasteiger partial charge in [-0.2, -0.15) is 4.98 Å². The quantitative estimate of drug-likeness (QED) is 0.424. The van der Waals surface area contributed by atoms with E-state index < -0.39 is 11.8 Å². The first kappa shape index (κ1) is 25.1. The number of carboxylic acids is 1. The number of aromatic nitrogens is 2. The van der Waals surface area contributed by atoms with E-state index in [0.717, 1.165) is 23.2 Å². The monoisotopic (exact) mass is 490 g/mol. The number of likely N-dealkylation sites (N-methyl/N-ethyl adjacent to an activating group) is 1. The lowest BCUT2D eigenvalue weighted by molar-refractivity contribution is 0.0697. The summed E-state index contributed by atoms with van der Waals surface area (Å²) in [7, 11) is 3.95. The fourth-order valence-corrected chi connectivity index (χ4v) is 4.30. The van der Waals surface area contributed by atoms with Gasteiger partial charge in [-0.15, -0.1) is 0 Å². The highest BCUT2D eigenvalue weighted by Gasteiger charge is 2.30. The molecule has 3 N–H and O–H groups in total. The van der Waals surface area contributed by atoms with Crippen LogP contribution in [0.2, 0.25) is 0 Å². The largest absolute Gasteiger partial charge is 0.478 e. The lowest BCUT2D eigenvalue weighted by atomic mass is 9.95. The van der Waals surface area contributed by atoms with Crippen LogP contribution >= 0.6 is 0 Å². The van der Waals surface area contributed by atoms with Gasteiger partial charge in [0.1, 0.15) is 17.5 Å². The number of carboxylic acid groups (broad SMARTS) is 1. The molecule has 1 aliphatic rings. The topological polar surface area (TPSA) is 93.6 Å². The number of nitrogens with one attached hydrogen (secondary N) is 2. The lowest BCUT2D eigenvalue weighted by Crippen LogP contribution is -2.35. The first-order valence-corrected chi connectivity index (χ1v) is 11.8. The Balaban J connectivity index is 1.97. The van der Waals surface area contributed by atoms with Crippen molar-refractivity contribution in [2.45, 2.75) is 26.8 Å². The van der Waals surface area contributed by atoms with Gasteiger partial charge in [0.2, 0.25) is 5.95 Å². The van der Waals surface area contributed by atoms with Gasteiger partial charge in [-0.05, 0) is 56.8 Å². The number of hydrogen-bond donors (Lipinski definition) is 3. The number of nitrogens with zero attached hydrogens (tertiary/aromatic N) is 4. The number of benzene rings is 2. The highest BCUT2D eigenvalue weighted by molar-refractivity contribution is 5.90. The van der Waals surface area contributed by atoms with Crippen LogP contribution in [0.25, 0.3) is 11.3 Å². The van der Waals surface area contributed by atoms with E-state index in [1.165, 1.54) is 6.07 Å². The van der Waals surface area contributed by atoms with Gasteiger partial charge in [-0.3, -0.25) is 4.90 Å². The molecule has 8 nitrogen and oxygen atoms in total. The summed E-state index contributed by atoms with van der Waals surface area (Å²) in [5.41, 5.74) is 4.27. The van der Waals surface area contributed by atoms with Gasteiger partial charge in [-0.1, -0.05) is 31.7 Å². The molecule has 0 saturated heterocycles. The van der Waals surface area contributed by atoms with E-state index in [2.05, 4.69) is 17.2 Å². The van der Waals surface area contributed by atoms with E-state index in [1.54, 1.807) is 23.1 Å². The van der Waals surface area contributed by atoms with Gasteiger partial charge in [0.05, 0.1) is 16.9 Å². The van der Waals surface area contributed by atoms with Gasteiger partial charge in [0.25, 0.3) is 0 Å². The molecule has 0 bridgehead atoms. The summed E-state index contributed by atoms with van der Waals surface area (Å²) in [4.78, 5) is 25.1. The SMILES string of the molecule is C=C1NCc2c(-c3cc(C(=O)O)ccc3CC)nc(NCCN(C)C)nc2N1c1c(C)cccc1F. The second-order valence-electron chi connectivity index (χ2n) is 9.00. The van der Waals surface area contributed by atoms with E-state index in [0.29, 0.717) is 54.0 Å². The molecular weight excluding hydrogens is 459 g/mol. The molecule has 0 unspecified atom stereocenters.